The number of fused-ring (bicyclic) bond motifs is 2. The summed E-state index contributed by atoms with van der Waals surface area (Å²) in [7, 11) is 3.47. The Kier molecular flexibility index (Phi) is 4.74. The third kappa shape index (κ3) is 3.40. The van der Waals surface area contributed by atoms with Gasteiger partial charge in [0.1, 0.15) is 17.7 Å². The Morgan fingerprint density at radius 3 is 2.86 bits per heavy atom. The largest absolute Gasteiger partial charge is 0.325 e. The smallest absolute Gasteiger partial charge is 0.231 e. The van der Waals surface area contributed by atoms with Crippen LogP contribution in [0.3, 0.4) is 0 Å². The molecule has 0 aliphatic heterocycles. The van der Waals surface area contributed by atoms with Crippen LogP contribution in [0.5, 0.6) is 0 Å². The number of H-pyrrole nitrogens is 1. The first kappa shape index (κ1) is 21.5. The molecule has 2 atom stereocenters. The van der Waals surface area contributed by atoms with E-state index in [1.54, 1.807) is 58.9 Å². The minimum atomic E-state index is -1.10. The van der Waals surface area contributed by atoms with Crippen molar-refractivity contribution in [2.45, 2.75) is 12.6 Å². The SMILES string of the molecule is CN(c1c(F)c(Cl)c(-c2cn3cc(NC(=O)C4CC4F)nc3cn2)c2cn[nH]c12)c1ccnn1C. The Labute approximate surface area is 201 Å². The summed E-state index contributed by atoms with van der Waals surface area (Å²) >= 11 is 6.57. The van der Waals surface area contributed by atoms with Crippen LogP contribution in [0.4, 0.5) is 26.1 Å². The van der Waals surface area contributed by atoms with Crippen molar-refractivity contribution >= 4 is 51.4 Å². The molecule has 1 aliphatic carbocycles. The van der Waals surface area contributed by atoms with Gasteiger partial charge in [-0.05, 0) is 6.42 Å². The first-order chi connectivity index (χ1) is 16.8. The van der Waals surface area contributed by atoms with Crippen LogP contribution in [0, 0.1) is 11.7 Å². The molecule has 0 radical (unpaired) electrons. The number of rotatable bonds is 5. The lowest BCUT2D eigenvalue weighted by Gasteiger charge is -2.22. The van der Waals surface area contributed by atoms with E-state index in [4.69, 9.17) is 11.6 Å². The minimum absolute atomic E-state index is 0.119. The maximum Gasteiger partial charge on any atom is 0.231 e. The molecule has 6 rings (SSSR count). The molecular weight excluding hydrogens is 480 g/mol. The van der Waals surface area contributed by atoms with Crippen molar-refractivity contribution in [3.05, 3.63) is 47.9 Å². The van der Waals surface area contributed by atoms with Crippen molar-refractivity contribution in [2.24, 2.45) is 13.0 Å². The number of carbonyl (C=O) groups is 1. The summed E-state index contributed by atoms with van der Waals surface area (Å²) in [6, 6.07) is 1.76. The molecule has 4 heterocycles. The van der Waals surface area contributed by atoms with Gasteiger partial charge in [-0.15, -0.1) is 0 Å². The zero-order valence-electron chi connectivity index (χ0n) is 18.5. The van der Waals surface area contributed by atoms with Crippen LogP contribution in [-0.2, 0) is 11.8 Å². The summed E-state index contributed by atoms with van der Waals surface area (Å²) in [4.78, 5) is 22.4. The lowest BCUT2D eigenvalue weighted by Crippen LogP contribution is -2.16. The van der Waals surface area contributed by atoms with Gasteiger partial charge in [0.2, 0.25) is 5.91 Å². The van der Waals surface area contributed by atoms with Crippen molar-refractivity contribution in [3.8, 4) is 11.3 Å². The number of halogens is 3. The normalized spacial score (nSPS) is 17.3. The highest BCUT2D eigenvalue weighted by Gasteiger charge is 2.43. The number of nitrogens with zero attached hydrogens (tertiary/aromatic N) is 7. The Hall–Kier alpha value is -4.06. The zero-order valence-corrected chi connectivity index (χ0v) is 19.3. The fourth-order valence-electron chi connectivity index (χ4n) is 4.22. The number of anilines is 3. The molecular formula is C22H18ClF2N9O. The van der Waals surface area contributed by atoms with Crippen molar-refractivity contribution in [3.63, 3.8) is 0 Å². The molecule has 5 aromatic rings. The van der Waals surface area contributed by atoms with E-state index < -0.39 is 23.8 Å². The average molecular weight is 498 g/mol. The Balaban J connectivity index is 1.43. The molecule has 35 heavy (non-hydrogen) atoms. The summed E-state index contributed by atoms with van der Waals surface area (Å²) in [6.07, 6.45) is 6.99. The van der Waals surface area contributed by atoms with Gasteiger partial charge in [-0.2, -0.15) is 10.2 Å². The summed E-state index contributed by atoms with van der Waals surface area (Å²) in [6.45, 7) is 0. The fourth-order valence-corrected chi connectivity index (χ4v) is 4.50. The summed E-state index contributed by atoms with van der Waals surface area (Å²) in [5, 5.41) is 14.2. The maximum atomic E-state index is 15.7. The van der Waals surface area contributed by atoms with Gasteiger partial charge >= 0.3 is 0 Å². The minimum Gasteiger partial charge on any atom is -0.325 e. The third-order valence-corrected chi connectivity index (χ3v) is 6.49. The monoisotopic (exact) mass is 497 g/mol. The Morgan fingerprint density at radius 1 is 1.34 bits per heavy atom. The van der Waals surface area contributed by atoms with E-state index in [9.17, 15) is 9.18 Å². The van der Waals surface area contributed by atoms with Gasteiger partial charge in [-0.25, -0.2) is 13.8 Å². The lowest BCUT2D eigenvalue weighted by atomic mass is 10.0. The van der Waals surface area contributed by atoms with Gasteiger partial charge < -0.3 is 14.6 Å². The number of amides is 1. The zero-order chi connectivity index (χ0) is 24.4. The fraction of sp³-hybridized carbons (Fsp3) is 0.227. The second kappa shape index (κ2) is 7.73. The number of alkyl halides is 1. The lowest BCUT2D eigenvalue weighted by molar-refractivity contribution is -0.117. The second-order valence-electron chi connectivity index (χ2n) is 8.39. The number of hydrogen-bond acceptors (Lipinski definition) is 6. The van der Waals surface area contributed by atoms with Crippen LogP contribution in [0.15, 0.2) is 37.1 Å². The number of aromatic amines is 1. The van der Waals surface area contributed by atoms with Gasteiger partial charge in [0, 0.05) is 37.3 Å². The molecule has 2 N–H and O–H groups in total. The highest BCUT2D eigenvalue weighted by atomic mass is 35.5. The topological polar surface area (TPSA) is 109 Å². The van der Waals surface area contributed by atoms with Crippen molar-refractivity contribution in [2.75, 3.05) is 17.3 Å². The summed E-state index contributed by atoms with van der Waals surface area (Å²) in [5.74, 6) is -0.763. The van der Waals surface area contributed by atoms with Gasteiger partial charge in [0.25, 0.3) is 0 Å². The maximum absolute atomic E-state index is 15.7. The number of imidazole rings is 1. The molecule has 1 aromatic carbocycles. The van der Waals surface area contributed by atoms with Crippen LogP contribution in [0.25, 0.3) is 27.8 Å². The van der Waals surface area contributed by atoms with Gasteiger partial charge in [-0.3, -0.25) is 19.6 Å². The van der Waals surface area contributed by atoms with E-state index in [-0.39, 0.29) is 22.9 Å². The Bertz CT molecular complexity index is 1620. The predicted molar refractivity (Wildman–Crippen MR) is 126 cm³/mol. The van der Waals surface area contributed by atoms with E-state index in [1.165, 1.54) is 6.20 Å². The predicted octanol–water partition coefficient (Wildman–Crippen LogP) is 3.86. The molecule has 1 saturated carbocycles. The van der Waals surface area contributed by atoms with E-state index in [0.29, 0.717) is 33.6 Å². The molecule has 0 spiro atoms. The molecule has 10 nitrogen and oxygen atoms in total. The van der Waals surface area contributed by atoms with Crippen LogP contribution in [0.1, 0.15) is 6.42 Å². The molecule has 0 saturated heterocycles. The van der Waals surface area contributed by atoms with Gasteiger partial charge in [0.05, 0.1) is 46.9 Å². The molecule has 1 amide bonds. The van der Waals surface area contributed by atoms with Gasteiger partial charge in [0.15, 0.2) is 17.3 Å². The molecule has 178 valence electrons. The van der Waals surface area contributed by atoms with E-state index >= 15 is 4.39 Å². The third-order valence-electron chi connectivity index (χ3n) is 6.14. The van der Waals surface area contributed by atoms with Crippen LogP contribution < -0.4 is 10.2 Å². The van der Waals surface area contributed by atoms with Crippen LogP contribution >= 0.6 is 11.6 Å². The average Bonchev–Trinajstić information content (AvgIpc) is 3.18. The number of aromatic nitrogens is 7. The quantitative estimate of drug-likeness (QED) is 0.381. The van der Waals surface area contributed by atoms with Crippen LogP contribution in [0.2, 0.25) is 5.02 Å². The van der Waals surface area contributed by atoms with Crippen LogP contribution in [-0.4, -0.2) is 53.5 Å². The van der Waals surface area contributed by atoms with Crippen molar-refractivity contribution < 1.29 is 13.6 Å². The summed E-state index contributed by atoms with van der Waals surface area (Å²) < 4.78 is 32.1. The molecule has 2 unspecified atom stereocenters. The molecule has 4 aromatic heterocycles. The number of hydrogen-bond donors (Lipinski definition) is 2. The molecule has 13 heteroatoms. The Morgan fingerprint density at radius 2 is 2.14 bits per heavy atom. The second-order valence-corrected chi connectivity index (χ2v) is 8.77. The first-order valence-electron chi connectivity index (χ1n) is 10.7. The number of nitrogens with one attached hydrogen (secondary N) is 2. The highest BCUT2D eigenvalue weighted by Crippen LogP contribution is 2.43. The molecule has 0 bridgehead atoms. The number of carbonyl (C=O) groups excluding carboxylic acids is 1. The van der Waals surface area contributed by atoms with Crippen molar-refractivity contribution in [1.29, 1.82) is 0 Å². The molecule has 1 fully saturated rings. The standard InChI is InChI=1S/C22H18ClF2N9O/c1-32(16-3-4-28-33(16)2)21-19(25)18(23)17(11-6-27-31-20(11)21)13-8-34-9-14(29-15(34)7-26-13)30-22(35)10-5-12(10)24/h3-4,6-10,12H,5H2,1-2H3,(H,27,31)(H,30,35). The molecule has 1 aliphatic rings. The first-order valence-corrected chi connectivity index (χ1v) is 11.1. The van der Waals surface area contributed by atoms with E-state index in [2.05, 4.69) is 30.6 Å². The number of aryl methyl sites for hydroxylation is 1. The van der Waals surface area contributed by atoms with Gasteiger partial charge in [-0.1, -0.05) is 11.6 Å². The van der Waals surface area contributed by atoms with E-state index in [0.717, 1.165) is 0 Å². The van der Waals surface area contributed by atoms with Crippen molar-refractivity contribution in [1.82, 2.24) is 34.3 Å². The number of benzene rings is 1. The van der Waals surface area contributed by atoms with E-state index in [1.807, 2.05) is 0 Å². The summed E-state index contributed by atoms with van der Waals surface area (Å²) in [5.41, 5.74) is 1.84. The highest BCUT2D eigenvalue weighted by molar-refractivity contribution is 6.36.